The highest BCUT2D eigenvalue weighted by atomic mass is 32.2. The monoisotopic (exact) mass is 362 g/mol. The van der Waals surface area contributed by atoms with Gasteiger partial charge in [0.05, 0.1) is 5.75 Å². The molecule has 26 heavy (non-hydrogen) atoms. The molecular weight excluding hydrogens is 344 g/mol. The van der Waals surface area contributed by atoms with E-state index in [1.807, 2.05) is 65.7 Å². The Balaban J connectivity index is 1.61. The first-order valence-electron chi connectivity index (χ1n) is 8.42. The predicted octanol–water partition coefficient (Wildman–Crippen LogP) is 3.81. The predicted molar refractivity (Wildman–Crippen MR) is 107 cm³/mol. The Bertz CT molecular complexity index is 1030. The molecule has 4 nitrogen and oxygen atoms in total. The molecule has 0 unspecified atom stereocenters. The quantitative estimate of drug-likeness (QED) is 0.780. The zero-order valence-corrected chi connectivity index (χ0v) is 14.9. The third kappa shape index (κ3) is 3.53. The summed E-state index contributed by atoms with van der Waals surface area (Å²) in [6.45, 7) is 0.437. The minimum atomic E-state index is -3.38. The number of hydrogen-bond acceptors (Lipinski definition) is 3. The molecule has 0 N–H and O–H groups in total. The van der Waals surface area contributed by atoms with E-state index in [2.05, 4.69) is 28.7 Å². The van der Waals surface area contributed by atoms with Crippen LogP contribution in [0.4, 0.5) is 0 Å². The first kappa shape index (κ1) is 16.5. The summed E-state index contributed by atoms with van der Waals surface area (Å²) in [5.41, 5.74) is 4.01. The summed E-state index contributed by atoms with van der Waals surface area (Å²) in [5.74, 6) is 0.559. The fraction of sp³-hybridized carbons (Fsp3) is 0.0952. The molecule has 4 rings (SSSR count). The van der Waals surface area contributed by atoms with Crippen LogP contribution in [0, 0.1) is 0 Å². The Hall–Kier alpha value is -2.92. The van der Waals surface area contributed by atoms with E-state index in [1.165, 1.54) is 0 Å². The second-order valence-electron chi connectivity index (χ2n) is 6.18. The van der Waals surface area contributed by atoms with Crippen molar-refractivity contribution >= 4 is 33.6 Å². The molecule has 0 atom stereocenters. The Morgan fingerprint density at radius 3 is 2.35 bits per heavy atom. The van der Waals surface area contributed by atoms with Gasteiger partial charge in [-0.1, -0.05) is 66.7 Å². The Labute approximate surface area is 153 Å². The topological polar surface area (TPSA) is 49.7 Å². The van der Waals surface area contributed by atoms with E-state index in [0.29, 0.717) is 12.4 Å². The molecule has 130 valence electrons. The van der Waals surface area contributed by atoms with Crippen molar-refractivity contribution in [2.75, 3.05) is 12.3 Å². The molecule has 0 radical (unpaired) electrons. The molecule has 2 aromatic rings. The van der Waals surface area contributed by atoms with Gasteiger partial charge in [0.2, 0.25) is 0 Å². The van der Waals surface area contributed by atoms with Crippen LogP contribution in [0.1, 0.15) is 16.7 Å². The van der Waals surface area contributed by atoms with E-state index in [0.717, 1.165) is 22.3 Å². The van der Waals surface area contributed by atoms with Crippen LogP contribution in [0.2, 0.25) is 0 Å². The van der Waals surface area contributed by atoms with Crippen LogP contribution >= 0.6 is 0 Å². The van der Waals surface area contributed by atoms with Crippen molar-refractivity contribution in [1.29, 1.82) is 0 Å². The van der Waals surface area contributed by atoms with Crippen LogP contribution in [0.25, 0.3) is 17.7 Å². The minimum absolute atomic E-state index is 0.0529. The van der Waals surface area contributed by atoms with Gasteiger partial charge in [0.25, 0.3) is 10.0 Å². The fourth-order valence-corrected chi connectivity index (χ4v) is 3.96. The molecule has 2 aromatic carbocycles. The van der Waals surface area contributed by atoms with Crippen LogP contribution in [-0.4, -0.2) is 31.5 Å². The van der Waals surface area contributed by atoms with Crippen molar-refractivity contribution in [3.8, 4) is 0 Å². The molecule has 0 aliphatic carbocycles. The number of nitrogens with zero attached hydrogens (tertiary/aromatic N) is 2. The minimum Gasteiger partial charge on any atom is -0.331 e. The molecule has 0 fully saturated rings. The lowest BCUT2D eigenvalue weighted by Crippen LogP contribution is -2.37. The van der Waals surface area contributed by atoms with E-state index >= 15 is 0 Å². The zero-order chi connectivity index (χ0) is 18.0. The summed E-state index contributed by atoms with van der Waals surface area (Å²) in [5, 5.41) is 0. The highest BCUT2D eigenvalue weighted by Crippen LogP contribution is 2.26. The van der Waals surface area contributed by atoms with E-state index in [4.69, 9.17) is 0 Å². The van der Waals surface area contributed by atoms with Gasteiger partial charge in [-0.15, -0.1) is 4.40 Å². The summed E-state index contributed by atoms with van der Waals surface area (Å²) in [6.07, 6.45) is 9.83. The van der Waals surface area contributed by atoms with E-state index in [9.17, 15) is 8.42 Å². The normalized spacial score (nSPS) is 18.4. The second-order valence-corrected chi connectivity index (χ2v) is 7.94. The first-order chi connectivity index (χ1) is 12.6. The van der Waals surface area contributed by atoms with Crippen LogP contribution in [-0.2, 0) is 10.0 Å². The van der Waals surface area contributed by atoms with Crippen LogP contribution in [0.3, 0.4) is 0 Å². The number of amidine groups is 1. The lowest BCUT2D eigenvalue weighted by Gasteiger charge is -2.29. The van der Waals surface area contributed by atoms with Gasteiger partial charge in [0, 0.05) is 18.3 Å². The number of sulfonamides is 1. The summed E-state index contributed by atoms with van der Waals surface area (Å²) in [7, 11) is -3.38. The third-order valence-electron chi connectivity index (χ3n) is 4.35. The van der Waals surface area contributed by atoms with Gasteiger partial charge in [-0.25, -0.2) is 8.42 Å². The first-order valence-corrected chi connectivity index (χ1v) is 10.0. The molecule has 0 spiro atoms. The van der Waals surface area contributed by atoms with Gasteiger partial charge < -0.3 is 4.90 Å². The Morgan fingerprint density at radius 1 is 0.923 bits per heavy atom. The summed E-state index contributed by atoms with van der Waals surface area (Å²) in [6, 6.07) is 18.2. The molecule has 5 heteroatoms. The number of hydrogen-bond donors (Lipinski definition) is 0. The van der Waals surface area contributed by atoms with Crippen molar-refractivity contribution in [2.45, 2.75) is 0 Å². The lowest BCUT2D eigenvalue weighted by molar-refractivity contribution is 0.550. The molecule has 0 saturated heterocycles. The molecule has 2 aliphatic rings. The number of benzene rings is 2. The maximum absolute atomic E-state index is 11.9. The maximum Gasteiger partial charge on any atom is 0.256 e. The standard InChI is InChI=1S/C21H18N2O2S/c24-26(25)16-15-23-14-4-7-20(21(23)22-26)19-12-10-18(11-13-19)9-8-17-5-2-1-3-6-17/h1-14H,15-16H2. The highest BCUT2D eigenvalue weighted by Gasteiger charge is 2.27. The number of rotatable bonds is 3. The van der Waals surface area contributed by atoms with Gasteiger partial charge in [-0.2, -0.15) is 0 Å². The Morgan fingerprint density at radius 2 is 1.62 bits per heavy atom. The molecule has 0 aromatic heterocycles. The average molecular weight is 362 g/mol. The van der Waals surface area contributed by atoms with Crippen molar-refractivity contribution in [3.05, 3.63) is 89.6 Å². The number of allylic oxidation sites excluding steroid dienone is 2. The van der Waals surface area contributed by atoms with Gasteiger partial charge in [-0.05, 0) is 28.8 Å². The molecular formula is C21H18N2O2S. The summed E-state index contributed by atoms with van der Waals surface area (Å²) in [4.78, 5) is 1.89. The van der Waals surface area contributed by atoms with Gasteiger partial charge in [0.15, 0.2) is 5.84 Å². The van der Waals surface area contributed by atoms with Crippen molar-refractivity contribution < 1.29 is 8.42 Å². The van der Waals surface area contributed by atoms with Crippen molar-refractivity contribution in [2.24, 2.45) is 4.40 Å². The van der Waals surface area contributed by atoms with Crippen molar-refractivity contribution in [1.82, 2.24) is 4.90 Å². The van der Waals surface area contributed by atoms with E-state index in [-0.39, 0.29) is 5.75 Å². The summed E-state index contributed by atoms with van der Waals surface area (Å²) < 4.78 is 27.7. The van der Waals surface area contributed by atoms with E-state index in [1.54, 1.807) is 0 Å². The van der Waals surface area contributed by atoms with Crippen LogP contribution in [0.5, 0.6) is 0 Å². The van der Waals surface area contributed by atoms with Crippen LogP contribution < -0.4 is 0 Å². The van der Waals surface area contributed by atoms with Gasteiger partial charge >= 0.3 is 0 Å². The zero-order valence-electron chi connectivity index (χ0n) is 14.1. The van der Waals surface area contributed by atoms with Gasteiger partial charge in [0.1, 0.15) is 0 Å². The Kier molecular flexibility index (Phi) is 4.31. The second kappa shape index (κ2) is 6.77. The average Bonchev–Trinajstić information content (AvgIpc) is 2.66. The maximum atomic E-state index is 11.9. The fourth-order valence-electron chi connectivity index (χ4n) is 2.97. The summed E-state index contributed by atoms with van der Waals surface area (Å²) >= 11 is 0. The van der Waals surface area contributed by atoms with Crippen molar-refractivity contribution in [3.63, 3.8) is 0 Å². The van der Waals surface area contributed by atoms with Crippen LogP contribution in [0.15, 0.2) is 77.3 Å². The van der Waals surface area contributed by atoms with E-state index < -0.39 is 10.0 Å². The third-order valence-corrected chi connectivity index (χ3v) is 5.50. The molecule has 0 amide bonds. The molecule has 0 saturated carbocycles. The molecule has 2 aliphatic heterocycles. The highest BCUT2D eigenvalue weighted by molar-refractivity contribution is 7.90. The molecule has 2 heterocycles. The lowest BCUT2D eigenvalue weighted by atomic mass is 10.00. The largest absolute Gasteiger partial charge is 0.331 e. The molecule has 0 bridgehead atoms. The smallest absolute Gasteiger partial charge is 0.256 e. The SMILES string of the molecule is O=S1(=O)CCN2C=CC=C(c3ccc(C=Cc4ccccc4)cc3)C2=N1. The van der Waals surface area contributed by atoms with Gasteiger partial charge in [-0.3, -0.25) is 0 Å². The number of fused-ring (bicyclic) bond motifs is 1.